The van der Waals surface area contributed by atoms with E-state index < -0.39 is 11.8 Å². The molecule has 0 aliphatic carbocycles. The van der Waals surface area contributed by atoms with Crippen LogP contribution < -0.4 is 16.0 Å². The third-order valence-electron chi connectivity index (χ3n) is 6.98. The molecule has 0 spiro atoms. The lowest BCUT2D eigenvalue weighted by molar-refractivity contribution is -0.116. The van der Waals surface area contributed by atoms with E-state index in [-0.39, 0.29) is 16.9 Å². The molecule has 5 aromatic rings. The molecule has 0 fully saturated rings. The van der Waals surface area contributed by atoms with Crippen LogP contribution in [0.3, 0.4) is 0 Å². The molecular formula is C38H32ClN3O3S. The second-order valence-corrected chi connectivity index (χ2v) is 12.1. The molecule has 1 atom stereocenters. The van der Waals surface area contributed by atoms with E-state index in [2.05, 4.69) is 16.0 Å². The first-order chi connectivity index (χ1) is 22.4. The number of hydrogen-bond donors (Lipinski definition) is 3. The van der Waals surface area contributed by atoms with Crippen molar-refractivity contribution in [2.45, 2.75) is 23.5 Å². The Balaban J connectivity index is 1.33. The highest BCUT2D eigenvalue weighted by molar-refractivity contribution is 8.00. The molecule has 0 radical (unpaired) electrons. The van der Waals surface area contributed by atoms with Gasteiger partial charge in [-0.05, 0) is 77.7 Å². The summed E-state index contributed by atoms with van der Waals surface area (Å²) in [6.07, 6.45) is 2.24. The zero-order valence-corrected chi connectivity index (χ0v) is 26.6. The summed E-state index contributed by atoms with van der Waals surface area (Å²) in [5.41, 5.74) is 4.55. The SMILES string of the molecule is CCC(Sc1cccc(NC(=O)/C(=C\c2ccc(-c3ccccc3)cc2)NC(=O)c2ccccc2)c1)C(=O)Nc1cccc(Cl)c1. The first-order valence-electron chi connectivity index (χ1n) is 14.8. The molecule has 230 valence electrons. The average molecular weight is 646 g/mol. The molecule has 3 N–H and O–H groups in total. The molecule has 3 amide bonds. The summed E-state index contributed by atoms with van der Waals surface area (Å²) in [6, 6.07) is 40.8. The second kappa shape index (κ2) is 15.8. The van der Waals surface area contributed by atoms with Gasteiger partial charge in [0.05, 0.1) is 5.25 Å². The van der Waals surface area contributed by atoms with E-state index in [1.54, 1.807) is 60.7 Å². The van der Waals surface area contributed by atoms with Gasteiger partial charge in [-0.3, -0.25) is 14.4 Å². The van der Waals surface area contributed by atoms with Crippen molar-refractivity contribution in [3.05, 3.63) is 155 Å². The van der Waals surface area contributed by atoms with Crippen LogP contribution in [0.1, 0.15) is 29.3 Å². The third-order valence-corrected chi connectivity index (χ3v) is 8.58. The topological polar surface area (TPSA) is 87.3 Å². The third kappa shape index (κ3) is 8.97. The van der Waals surface area contributed by atoms with Gasteiger partial charge in [-0.25, -0.2) is 0 Å². The minimum absolute atomic E-state index is 0.0895. The van der Waals surface area contributed by atoms with Gasteiger partial charge in [0.15, 0.2) is 0 Å². The van der Waals surface area contributed by atoms with Gasteiger partial charge in [0.25, 0.3) is 11.8 Å². The molecule has 0 saturated carbocycles. The fraction of sp³-hybridized carbons (Fsp3) is 0.0789. The minimum Gasteiger partial charge on any atom is -0.325 e. The quantitative estimate of drug-likeness (QED) is 0.0989. The highest BCUT2D eigenvalue weighted by Crippen LogP contribution is 2.29. The fourth-order valence-electron chi connectivity index (χ4n) is 4.63. The largest absolute Gasteiger partial charge is 0.325 e. The summed E-state index contributed by atoms with van der Waals surface area (Å²) in [4.78, 5) is 40.5. The molecule has 46 heavy (non-hydrogen) atoms. The van der Waals surface area contributed by atoms with E-state index in [1.807, 2.05) is 85.8 Å². The van der Waals surface area contributed by atoms with Crippen molar-refractivity contribution in [1.29, 1.82) is 0 Å². The maximum absolute atomic E-state index is 13.6. The average Bonchev–Trinajstić information content (AvgIpc) is 3.08. The predicted octanol–water partition coefficient (Wildman–Crippen LogP) is 8.93. The van der Waals surface area contributed by atoms with Gasteiger partial charge in [-0.15, -0.1) is 11.8 Å². The standard InChI is InChI=1S/C38H32ClN3O3S/c1-2-35(38(45)41-31-16-9-15-30(39)24-31)46-33-18-10-17-32(25-33)40-37(44)34(42-36(43)29-13-7-4-8-14-29)23-26-19-21-28(22-20-26)27-11-5-3-6-12-27/h3-25,35H,2H2,1H3,(H,40,44)(H,41,45)(H,42,43)/b34-23+. The van der Waals surface area contributed by atoms with Crippen LogP contribution in [-0.4, -0.2) is 23.0 Å². The van der Waals surface area contributed by atoms with E-state index in [9.17, 15) is 14.4 Å². The second-order valence-electron chi connectivity index (χ2n) is 10.4. The Labute approximate surface area is 277 Å². The van der Waals surface area contributed by atoms with Crippen molar-refractivity contribution in [3.63, 3.8) is 0 Å². The van der Waals surface area contributed by atoms with Gasteiger partial charge >= 0.3 is 0 Å². The molecule has 0 aliphatic heterocycles. The lowest BCUT2D eigenvalue weighted by atomic mass is 10.0. The minimum atomic E-state index is -0.482. The smallest absolute Gasteiger partial charge is 0.272 e. The highest BCUT2D eigenvalue weighted by atomic mass is 35.5. The number of thioether (sulfide) groups is 1. The first-order valence-corrected chi connectivity index (χ1v) is 16.0. The van der Waals surface area contributed by atoms with Crippen LogP contribution in [0.4, 0.5) is 11.4 Å². The molecular weight excluding hydrogens is 614 g/mol. The molecule has 0 aliphatic rings. The van der Waals surface area contributed by atoms with Crippen molar-refractivity contribution >= 4 is 58.5 Å². The van der Waals surface area contributed by atoms with Gasteiger partial charge in [-0.1, -0.05) is 103 Å². The predicted molar refractivity (Wildman–Crippen MR) is 189 cm³/mol. The highest BCUT2D eigenvalue weighted by Gasteiger charge is 2.19. The fourth-order valence-corrected chi connectivity index (χ4v) is 5.84. The zero-order valence-electron chi connectivity index (χ0n) is 25.1. The number of nitrogens with one attached hydrogen (secondary N) is 3. The molecule has 0 saturated heterocycles. The van der Waals surface area contributed by atoms with Crippen molar-refractivity contribution in [2.24, 2.45) is 0 Å². The molecule has 0 heterocycles. The lowest BCUT2D eigenvalue weighted by Gasteiger charge is -2.16. The van der Waals surface area contributed by atoms with Crippen LogP contribution in [0, 0.1) is 0 Å². The number of anilines is 2. The van der Waals surface area contributed by atoms with E-state index in [4.69, 9.17) is 11.6 Å². The van der Waals surface area contributed by atoms with Crippen LogP contribution in [-0.2, 0) is 9.59 Å². The van der Waals surface area contributed by atoms with Crippen molar-refractivity contribution < 1.29 is 14.4 Å². The number of carbonyl (C=O) groups excluding carboxylic acids is 3. The summed E-state index contributed by atoms with van der Waals surface area (Å²) in [5.74, 6) is -1.02. The first kappa shape index (κ1) is 32.3. The van der Waals surface area contributed by atoms with Crippen molar-refractivity contribution in [3.8, 4) is 11.1 Å². The number of carbonyl (C=O) groups is 3. The number of benzene rings is 5. The Bertz CT molecular complexity index is 1840. The van der Waals surface area contributed by atoms with Gasteiger partial charge in [0.2, 0.25) is 5.91 Å². The summed E-state index contributed by atoms with van der Waals surface area (Å²) < 4.78 is 0. The monoisotopic (exact) mass is 645 g/mol. The van der Waals surface area contributed by atoms with Crippen LogP contribution >= 0.6 is 23.4 Å². The molecule has 8 heteroatoms. The summed E-state index contributed by atoms with van der Waals surface area (Å²) in [5, 5.41) is 8.79. The molecule has 6 nitrogen and oxygen atoms in total. The summed E-state index contributed by atoms with van der Waals surface area (Å²) in [7, 11) is 0. The molecule has 1 unspecified atom stereocenters. The summed E-state index contributed by atoms with van der Waals surface area (Å²) in [6.45, 7) is 1.94. The van der Waals surface area contributed by atoms with Gasteiger partial charge < -0.3 is 16.0 Å². The number of amides is 3. The van der Waals surface area contributed by atoms with Gasteiger partial charge in [0.1, 0.15) is 5.70 Å². The Morgan fingerprint density at radius 2 is 1.35 bits per heavy atom. The van der Waals surface area contributed by atoms with E-state index in [1.165, 1.54) is 11.8 Å². The van der Waals surface area contributed by atoms with Crippen LogP contribution in [0.5, 0.6) is 0 Å². The molecule has 5 aromatic carbocycles. The van der Waals surface area contributed by atoms with Crippen LogP contribution in [0.2, 0.25) is 5.02 Å². The lowest BCUT2D eigenvalue weighted by Crippen LogP contribution is -2.30. The Kier molecular flexibility index (Phi) is 11.1. The van der Waals surface area contributed by atoms with Crippen molar-refractivity contribution in [1.82, 2.24) is 5.32 Å². The maximum atomic E-state index is 13.6. The van der Waals surface area contributed by atoms with Crippen molar-refractivity contribution in [2.75, 3.05) is 10.6 Å². The molecule has 5 rings (SSSR count). The zero-order chi connectivity index (χ0) is 32.3. The van der Waals surface area contributed by atoms with Gasteiger partial charge in [0, 0.05) is 26.9 Å². The van der Waals surface area contributed by atoms with E-state index in [0.717, 1.165) is 21.6 Å². The molecule has 0 bridgehead atoms. The molecule has 0 aromatic heterocycles. The van der Waals surface area contributed by atoms with E-state index in [0.29, 0.717) is 28.4 Å². The van der Waals surface area contributed by atoms with Crippen LogP contribution in [0.15, 0.2) is 144 Å². The van der Waals surface area contributed by atoms with Crippen LogP contribution in [0.25, 0.3) is 17.2 Å². The summed E-state index contributed by atoms with van der Waals surface area (Å²) >= 11 is 7.47. The number of halogens is 1. The van der Waals surface area contributed by atoms with Gasteiger partial charge in [-0.2, -0.15) is 0 Å². The maximum Gasteiger partial charge on any atom is 0.272 e. The normalized spacial score (nSPS) is 11.7. The number of hydrogen-bond acceptors (Lipinski definition) is 4. The number of rotatable bonds is 11. The Hall–Kier alpha value is -5.11. The Morgan fingerprint density at radius 3 is 2.02 bits per heavy atom. The Morgan fingerprint density at radius 1 is 0.717 bits per heavy atom. The van der Waals surface area contributed by atoms with E-state index >= 15 is 0 Å².